The molecule has 1 N–H and O–H groups in total. The highest BCUT2D eigenvalue weighted by Gasteiger charge is 2.32. The molecular weight excluding hydrogens is 259 g/mol. The second kappa shape index (κ2) is 5.64. The maximum Gasteiger partial charge on any atom is 0.418 e. The van der Waals surface area contributed by atoms with E-state index in [4.69, 9.17) is 4.74 Å². The van der Waals surface area contributed by atoms with Gasteiger partial charge in [-0.15, -0.1) is 0 Å². The molecule has 0 radical (unpaired) electrons. The number of halogens is 3. The van der Waals surface area contributed by atoms with Crippen LogP contribution < -0.4 is 15.0 Å². The van der Waals surface area contributed by atoms with Gasteiger partial charge in [0.05, 0.1) is 12.2 Å². The van der Waals surface area contributed by atoms with E-state index in [1.807, 2.05) is 4.90 Å². The van der Waals surface area contributed by atoms with Crippen molar-refractivity contribution in [3.63, 3.8) is 0 Å². The van der Waals surface area contributed by atoms with E-state index in [9.17, 15) is 13.2 Å². The summed E-state index contributed by atoms with van der Waals surface area (Å²) < 4.78 is 43.3. The Labute approximate surface area is 109 Å². The van der Waals surface area contributed by atoms with Crippen molar-refractivity contribution in [1.82, 2.24) is 10.3 Å². The number of anilines is 1. The first kappa shape index (κ1) is 13.9. The fourth-order valence-corrected chi connectivity index (χ4v) is 1.97. The summed E-state index contributed by atoms with van der Waals surface area (Å²) in [5, 5.41) is 3.18. The number of ether oxygens (including phenoxy) is 1. The number of piperazine rings is 1. The number of hydrogen-bond acceptors (Lipinski definition) is 4. The van der Waals surface area contributed by atoms with Crippen LogP contribution in [0.15, 0.2) is 12.3 Å². The molecule has 1 aliphatic heterocycles. The first-order valence-corrected chi connectivity index (χ1v) is 6.18. The smallest absolute Gasteiger partial charge is 0.418 e. The van der Waals surface area contributed by atoms with Crippen LogP contribution in [-0.2, 0) is 6.18 Å². The fraction of sp³-hybridized carbons (Fsp3) is 0.583. The highest BCUT2D eigenvalue weighted by Crippen LogP contribution is 2.35. The van der Waals surface area contributed by atoms with E-state index >= 15 is 0 Å². The molecule has 1 aromatic rings. The van der Waals surface area contributed by atoms with E-state index in [1.165, 1.54) is 0 Å². The maximum absolute atomic E-state index is 12.7. The summed E-state index contributed by atoms with van der Waals surface area (Å²) >= 11 is 0. The van der Waals surface area contributed by atoms with Gasteiger partial charge in [-0.05, 0) is 13.0 Å². The van der Waals surface area contributed by atoms with Crippen molar-refractivity contribution in [1.29, 1.82) is 0 Å². The maximum atomic E-state index is 12.7. The van der Waals surface area contributed by atoms with Crippen LogP contribution in [-0.4, -0.2) is 37.8 Å². The molecule has 0 atom stereocenters. The number of nitrogens with one attached hydrogen (secondary N) is 1. The molecule has 1 fully saturated rings. The van der Waals surface area contributed by atoms with Crippen molar-refractivity contribution < 1.29 is 17.9 Å². The van der Waals surface area contributed by atoms with Gasteiger partial charge < -0.3 is 15.0 Å². The average molecular weight is 275 g/mol. The second-order valence-electron chi connectivity index (χ2n) is 4.21. The van der Waals surface area contributed by atoms with Crippen LogP contribution in [0, 0.1) is 0 Å². The standard InChI is InChI=1S/C12H16F3N3O/c1-2-19-10-7-9(12(13,14)15)8-17-11(10)18-5-3-16-4-6-18/h7-8,16H,2-6H2,1H3. The summed E-state index contributed by atoms with van der Waals surface area (Å²) in [5.74, 6) is 0.676. The quantitative estimate of drug-likeness (QED) is 0.914. The molecule has 0 unspecified atom stereocenters. The first-order chi connectivity index (χ1) is 9.02. The minimum atomic E-state index is -4.40. The minimum absolute atomic E-state index is 0.194. The van der Waals surface area contributed by atoms with Gasteiger partial charge in [-0.1, -0.05) is 0 Å². The molecule has 106 valence electrons. The van der Waals surface area contributed by atoms with Crippen molar-refractivity contribution in [2.24, 2.45) is 0 Å². The van der Waals surface area contributed by atoms with Crippen LogP contribution in [0.1, 0.15) is 12.5 Å². The van der Waals surface area contributed by atoms with Gasteiger partial charge >= 0.3 is 6.18 Å². The molecular formula is C12H16F3N3O. The Bertz CT molecular complexity index is 431. The van der Waals surface area contributed by atoms with Gasteiger partial charge in [0, 0.05) is 32.4 Å². The number of hydrogen-bond donors (Lipinski definition) is 1. The summed E-state index contributed by atoms with van der Waals surface area (Å²) in [6, 6.07) is 1.02. The van der Waals surface area contributed by atoms with Gasteiger partial charge in [0.15, 0.2) is 11.6 Å². The summed E-state index contributed by atoms with van der Waals surface area (Å²) in [7, 11) is 0. The van der Waals surface area contributed by atoms with Crippen LogP contribution in [0.25, 0.3) is 0 Å². The highest BCUT2D eigenvalue weighted by atomic mass is 19.4. The van der Waals surface area contributed by atoms with Gasteiger partial charge in [-0.2, -0.15) is 13.2 Å². The van der Waals surface area contributed by atoms with E-state index in [1.54, 1.807) is 6.92 Å². The molecule has 19 heavy (non-hydrogen) atoms. The number of pyridine rings is 1. The molecule has 1 aliphatic rings. The SMILES string of the molecule is CCOc1cc(C(F)(F)F)cnc1N1CCNCC1. The van der Waals surface area contributed by atoms with Crippen LogP contribution in [0.4, 0.5) is 19.0 Å². The predicted octanol–water partition coefficient (Wildman–Crippen LogP) is 1.91. The Morgan fingerprint density at radius 3 is 2.63 bits per heavy atom. The van der Waals surface area contributed by atoms with Crippen LogP contribution in [0.5, 0.6) is 5.75 Å². The molecule has 7 heteroatoms. The molecule has 0 amide bonds. The highest BCUT2D eigenvalue weighted by molar-refractivity contribution is 5.54. The number of rotatable bonds is 3. The van der Waals surface area contributed by atoms with Gasteiger partial charge in [-0.3, -0.25) is 0 Å². The third-order valence-corrected chi connectivity index (χ3v) is 2.88. The topological polar surface area (TPSA) is 37.4 Å². The molecule has 4 nitrogen and oxygen atoms in total. The van der Waals surface area contributed by atoms with Crippen molar-refractivity contribution in [3.8, 4) is 5.75 Å². The number of nitrogens with zero attached hydrogens (tertiary/aromatic N) is 2. The van der Waals surface area contributed by atoms with E-state index < -0.39 is 11.7 Å². The zero-order valence-electron chi connectivity index (χ0n) is 10.6. The summed E-state index contributed by atoms with van der Waals surface area (Å²) in [6.07, 6.45) is -3.54. The zero-order chi connectivity index (χ0) is 13.9. The third kappa shape index (κ3) is 3.28. The lowest BCUT2D eigenvalue weighted by Gasteiger charge is -2.29. The van der Waals surface area contributed by atoms with E-state index in [2.05, 4.69) is 10.3 Å². The van der Waals surface area contributed by atoms with Gasteiger partial charge in [0.1, 0.15) is 0 Å². The van der Waals surface area contributed by atoms with Crippen LogP contribution in [0.2, 0.25) is 0 Å². The summed E-state index contributed by atoms with van der Waals surface area (Å²) in [4.78, 5) is 5.87. The minimum Gasteiger partial charge on any atom is -0.490 e. The molecule has 0 aliphatic carbocycles. The van der Waals surface area contributed by atoms with Crippen molar-refractivity contribution in [2.45, 2.75) is 13.1 Å². The van der Waals surface area contributed by atoms with Gasteiger partial charge in [-0.25, -0.2) is 4.98 Å². The zero-order valence-corrected chi connectivity index (χ0v) is 10.6. The van der Waals surface area contributed by atoms with Crippen LogP contribution in [0.3, 0.4) is 0 Å². The van der Waals surface area contributed by atoms with Gasteiger partial charge in [0.2, 0.25) is 0 Å². The Hall–Kier alpha value is -1.50. The number of alkyl halides is 3. The van der Waals surface area contributed by atoms with E-state index in [0.717, 1.165) is 25.4 Å². The van der Waals surface area contributed by atoms with E-state index in [0.29, 0.717) is 25.5 Å². The Kier molecular flexibility index (Phi) is 4.14. The van der Waals surface area contributed by atoms with Crippen molar-refractivity contribution in [3.05, 3.63) is 17.8 Å². The average Bonchev–Trinajstić information content (AvgIpc) is 2.39. The van der Waals surface area contributed by atoms with Crippen molar-refractivity contribution in [2.75, 3.05) is 37.7 Å². The Morgan fingerprint density at radius 2 is 2.05 bits per heavy atom. The largest absolute Gasteiger partial charge is 0.490 e. The molecule has 1 aromatic heterocycles. The summed E-state index contributed by atoms with van der Waals surface area (Å²) in [5.41, 5.74) is -0.783. The third-order valence-electron chi connectivity index (χ3n) is 2.88. The normalized spacial score (nSPS) is 16.5. The molecule has 0 bridgehead atoms. The molecule has 0 saturated carbocycles. The second-order valence-corrected chi connectivity index (χ2v) is 4.21. The lowest BCUT2D eigenvalue weighted by atomic mass is 10.2. The molecule has 0 aromatic carbocycles. The predicted molar refractivity (Wildman–Crippen MR) is 65.5 cm³/mol. The Morgan fingerprint density at radius 1 is 1.37 bits per heavy atom. The Balaban J connectivity index is 2.31. The molecule has 2 rings (SSSR count). The monoisotopic (exact) mass is 275 g/mol. The molecule has 0 spiro atoms. The summed E-state index contributed by atoms with van der Waals surface area (Å²) in [6.45, 7) is 5.03. The lowest BCUT2D eigenvalue weighted by Crippen LogP contribution is -2.44. The van der Waals surface area contributed by atoms with Gasteiger partial charge in [0.25, 0.3) is 0 Å². The number of aromatic nitrogens is 1. The fourth-order valence-electron chi connectivity index (χ4n) is 1.97. The first-order valence-electron chi connectivity index (χ1n) is 6.18. The lowest BCUT2D eigenvalue weighted by molar-refractivity contribution is -0.137. The molecule has 2 heterocycles. The molecule has 1 saturated heterocycles. The van der Waals surface area contributed by atoms with E-state index in [-0.39, 0.29) is 5.75 Å². The van der Waals surface area contributed by atoms with Crippen LogP contribution >= 0.6 is 0 Å². The van der Waals surface area contributed by atoms with Crippen molar-refractivity contribution >= 4 is 5.82 Å².